The van der Waals surface area contributed by atoms with Crippen LogP contribution in [0.3, 0.4) is 0 Å². The highest BCUT2D eigenvalue weighted by molar-refractivity contribution is 5.69. The van der Waals surface area contributed by atoms with Crippen LogP contribution in [0.1, 0.15) is 24.5 Å². The van der Waals surface area contributed by atoms with Crippen LogP contribution >= 0.6 is 0 Å². The molecule has 28 heavy (non-hydrogen) atoms. The van der Waals surface area contributed by atoms with Gasteiger partial charge in [0.1, 0.15) is 0 Å². The van der Waals surface area contributed by atoms with Crippen molar-refractivity contribution in [2.24, 2.45) is 0 Å². The number of hydrogen-bond donors (Lipinski definition) is 1. The molecule has 0 aliphatic heterocycles. The Labute approximate surface area is 162 Å². The lowest BCUT2D eigenvalue weighted by atomic mass is 10.0. The maximum atomic E-state index is 9.03. The highest BCUT2D eigenvalue weighted by Gasteiger charge is 2.23. The molecule has 0 fully saturated rings. The molecule has 0 aliphatic carbocycles. The van der Waals surface area contributed by atoms with Crippen LogP contribution in [0.25, 0.3) is 34.3 Å². The SMILES string of the molecule is CCCc1c(-c2nc(-c3ccc(CCO)cc3)no2)noc1-c1ccccc1. The number of benzene rings is 2. The van der Waals surface area contributed by atoms with E-state index < -0.39 is 0 Å². The highest BCUT2D eigenvalue weighted by Crippen LogP contribution is 2.33. The van der Waals surface area contributed by atoms with Crippen LogP contribution in [0.5, 0.6) is 0 Å². The number of hydrogen-bond acceptors (Lipinski definition) is 6. The fourth-order valence-corrected chi connectivity index (χ4v) is 3.16. The third-order valence-electron chi connectivity index (χ3n) is 4.57. The standard InChI is InChI=1S/C22H21N3O3/c1-2-6-18-19(24-27-20(18)16-7-4-3-5-8-16)22-23-21(25-28-22)17-11-9-15(10-12-17)13-14-26/h3-5,7-12,26H,2,6,13-14H2,1H3. The van der Waals surface area contributed by atoms with Crippen molar-refractivity contribution in [1.82, 2.24) is 15.3 Å². The summed E-state index contributed by atoms with van der Waals surface area (Å²) in [7, 11) is 0. The number of rotatable bonds is 7. The quantitative estimate of drug-likeness (QED) is 0.510. The number of aliphatic hydroxyl groups is 1. The molecular formula is C22H21N3O3. The Morgan fingerprint density at radius 2 is 1.64 bits per heavy atom. The second kappa shape index (κ2) is 8.19. The van der Waals surface area contributed by atoms with Crippen molar-refractivity contribution in [3.63, 3.8) is 0 Å². The normalized spacial score (nSPS) is 11.1. The lowest BCUT2D eigenvalue weighted by Gasteiger charge is -2.00. The third kappa shape index (κ3) is 3.59. The monoisotopic (exact) mass is 375 g/mol. The van der Waals surface area contributed by atoms with Crippen LogP contribution in [0.2, 0.25) is 0 Å². The molecule has 2 aromatic heterocycles. The van der Waals surface area contributed by atoms with Gasteiger partial charge in [-0.3, -0.25) is 0 Å². The van der Waals surface area contributed by atoms with Gasteiger partial charge in [-0.25, -0.2) is 0 Å². The van der Waals surface area contributed by atoms with Gasteiger partial charge in [-0.1, -0.05) is 78.3 Å². The lowest BCUT2D eigenvalue weighted by Crippen LogP contribution is -1.91. The second-order valence-electron chi connectivity index (χ2n) is 6.55. The van der Waals surface area contributed by atoms with E-state index in [1.807, 2.05) is 54.6 Å². The second-order valence-corrected chi connectivity index (χ2v) is 6.55. The van der Waals surface area contributed by atoms with E-state index >= 15 is 0 Å². The largest absolute Gasteiger partial charge is 0.396 e. The smallest absolute Gasteiger partial charge is 0.280 e. The Kier molecular flexibility index (Phi) is 5.30. The predicted molar refractivity (Wildman–Crippen MR) is 105 cm³/mol. The van der Waals surface area contributed by atoms with Crippen molar-refractivity contribution in [2.45, 2.75) is 26.2 Å². The lowest BCUT2D eigenvalue weighted by molar-refractivity contribution is 0.299. The molecule has 4 aromatic rings. The zero-order valence-electron chi connectivity index (χ0n) is 15.6. The minimum atomic E-state index is 0.127. The van der Waals surface area contributed by atoms with Crippen molar-refractivity contribution in [3.8, 4) is 34.3 Å². The Hall–Kier alpha value is -3.25. The van der Waals surface area contributed by atoms with Gasteiger partial charge >= 0.3 is 0 Å². The first-order chi connectivity index (χ1) is 13.8. The zero-order valence-corrected chi connectivity index (χ0v) is 15.6. The van der Waals surface area contributed by atoms with Crippen molar-refractivity contribution in [2.75, 3.05) is 6.61 Å². The molecule has 0 atom stereocenters. The Morgan fingerprint density at radius 1 is 0.857 bits per heavy atom. The fraction of sp³-hybridized carbons (Fsp3) is 0.227. The van der Waals surface area contributed by atoms with E-state index in [9.17, 15) is 0 Å². The molecule has 6 nitrogen and oxygen atoms in total. The van der Waals surface area contributed by atoms with Gasteiger partial charge in [0, 0.05) is 23.3 Å². The molecule has 142 valence electrons. The molecule has 2 aromatic carbocycles. The van der Waals surface area contributed by atoms with Crippen LogP contribution in [0.4, 0.5) is 0 Å². The van der Waals surface area contributed by atoms with E-state index in [1.54, 1.807) is 0 Å². The summed E-state index contributed by atoms with van der Waals surface area (Å²) < 4.78 is 11.1. The van der Waals surface area contributed by atoms with E-state index in [0.717, 1.165) is 40.9 Å². The van der Waals surface area contributed by atoms with E-state index in [4.69, 9.17) is 14.2 Å². The van der Waals surface area contributed by atoms with Gasteiger partial charge in [0.05, 0.1) is 0 Å². The van der Waals surface area contributed by atoms with Crippen LogP contribution in [0, 0.1) is 0 Å². The van der Waals surface area contributed by atoms with Crippen molar-refractivity contribution in [3.05, 3.63) is 65.7 Å². The van der Waals surface area contributed by atoms with Crippen LogP contribution in [-0.4, -0.2) is 27.0 Å². The molecule has 6 heteroatoms. The summed E-state index contributed by atoms with van der Waals surface area (Å²) in [6.07, 6.45) is 2.37. The average molecular weight is 375 g/mol. The van der Waals surface area contributed by atoms with Crippen molar-refractivity contribution in [1.29, 1.82) is 0 Å². The van der Waals surface area contributed by atoms with Crippen molar-refractivity contribution >= 4 is 0 Å². The van der Waals surface area contributed by atoms with Crippen molar-refractivity contribution < 1.29 is 14.2 Å². The number of aliphatic hydroxyl groups excluding tert-OH is 1. The molecule has 0 aliphatic rings. The first-order valence-corrected chi connectivity index (χ1v) is 9.38. The summed E-state index contributed by atoms with van der Waals surface area (Å²) in [6.45, 7) is 2.24. The van der Waals surface area contributed by atoms with Gasteiger partial charge in [-0.2, -0.15) is 4.98 Å². The molecule has 0 bridgehead atoms. The highest BCUT2D eigenvalue weighted by atomic mass is 16.5. The van der Waals surface area contributed by atoms with Crippen LogP contribution < -0.4 is 0 Å². The van der Waals surface area contributed by atoms with Crippen LogP contribution in [-0.2, 0) is 12.8 Å². The predicted octanol–water partition coefficient (Wildman–Crippen LogP) is 4.55. The van der Waals surface area contributed by atoms with Gasteiger partial charge in [0.25, 0.3) is 5.89 Å². The molecule has 2 heterocycles. The first-order valence-electron chi connectivity index (χ1n) is 9.38. The molecule has 4 rings (SSSR count). The molecule has 0 saturated heterocycles. The summed E-state index contributed by atoms with van der Waals surface area (Å²) in [5.74, 6) is 1.59. The molecule has 0 radical (unpaired) electrons. The number of nitrogens with zero attached hydrogens (tertiary/aromatic N) is 3. The number of aromatic nitrogens is 3. The first kappa shape index (κ1) is 18.1. The van der Waals surface area contributed by atoms with Gasteiger partial charge in [0.15, 0.2) is 11.5 Å². The summed E-state index contributed by atoms with van der Waals surface area (Å²) >= 11 is 0. The molecular weight excluding hydrogens is 354 g/mol. The van der Waals surface area contributed by atoms with Gasteiger partial charge in [-0.05, 0) is 18.4 Å². The molecule has 0 saturated carbocycles. The van der Waals surface area contributed by atoms with Gasteiger partial charge < -0.3 is 14.2 Å². The van der Waals surface area contributed by atoms with Gasteiger partial charge in [-0.15, -0.1) is 0 Å². The Morgan fingerprint density at radius 3 is 2.36 bits per heavy atom. The average Bonchev–Trinajstić information content (AvgIpc) is 3.37. The molecule has 1 N–H and O–H groups in total. The van der Waals surface area contributed by atoms with E-state index in [2.05, 4.69) is 22.2 Å². The zero-order chi connectivity index (χ0) is 19.3. The van der Waals surface area contributed by atoms with Gasteiger partial charge in [0.2, 0.25) is 5.82 Å². The van der Waals surface area contributed by atoms with E-state index in [0.29, 0.717) is 23.8 Å². The molecule has 0 amide bonds. The Balaban J connectivity index is 1.67. The Bertz CT molecular complexity index is 1040. The maximum Gasteiger partial charge on any atom is 0.280 e. The molecule has 0 unspecified atom stereocenters. The summed E-state index contributed by atoms with van der Waals surface area (Å²) in [4.78, 5) is 4.53. The minimum Gasteiger partial charge on any atom is -0.396 e. The van der Waals surface area contributed by atoms with E-state index in [1.165, 1.54) is 0 Å². The third-order valence-corrected chi connectivity index (χ3v) is 4.57. The topological polar surface area (TPSA) is 85.2 Å². The molecule has 0 spiro atoms. The fourth-order valence-electron chi connectivity index (χ4n) is 3.16. The summed E-state index contributed by atoms with van der Waals surface area (Å²) in [5, 5.41) is 17.4. The summed E-state index contributed by atoms with van der Waals surface area (Å²) in [5.41, 5.74) is 4.45. The summed E-state index contributed by atoms with van der Waals surface area (Å²) in [6, 6.07) is 17.7. The minimum absolute atomic E-state index is 0.127. The maximum absolute atomic E-state index is 9.03. The van der Waals surface area contributed by atoms with Crippen LogP contribution in [0.15, 0.2) is 63.6 Å². The van der Waals surface area contributed by atoms with E-state index in [-0.39, 0.29) is 6.61 Å².